The van der Waals surface area contributed by atoms with Crippen molar-refractivity contribution in [2.75, 3.05) is 33.2 Å². The fourth-order valence-electron chi connectivity index (χ4n) is 5.24. The number of aromatic nitrogens is 2. The summed E-state index contributed by atoms with van der Waals surface area (Å²) in [6, 6.07) is 0. The van der Waals surface area contributed by atoms with Crippen LogP contribution in [0.25, 0.3) is 0 Å². The van der Waals surface area contributed by atoms with E-state index >= 15 is 0 Å². The van der Waals surface area contributed by atoms with Gasteiger partial charge in [-0.3, -0.25) is 14.4 Å². The molecule has 1 spiro atoms. The number of amides is 3. The van der Waals surface area contributed by atoms with Crippen molar-refractivity contribution >= 4 is 17.7 Å². The average molecular weight is 385 g/mol. The molecule has 3 amide bonds. The Labute approximate surface area is 164 Å². The van der Waals surface area contributed by atoms with E-state index in [1.165, 1.54) is 0 Å². The Bertz CT molecular complexity index is 822. The highest BCUT2D eigenvalue weighted by molar-refractivity contribution is 5.89. The molecule has 1 aliphatic carbocycles. The van der Waals surface area contributed by atoms with Crippen molar-refractivity contribution in [1.82, 2.24) is 24.7 Å². The van der Waals surface area contributed by atoms with Crippen molar-refractivity contribution in [3.8, 4) is 0 Å². The monoisotopic (exact) mass is 385 g/mol. The highest BCUT2D eigenvalue weighted by atomic mass is 16.2. The Morgan fingerprint density at radius 2 is 1.89 bits per heavy atom. The Morgan fingerprint density at radius 1 is 1.14 bits per heavy atom. The molecule has 150 valence electrons. The number of rotatable bonds is 2. The fraction of sp³-hybridized carbons (Fsp3) is 0.700. The molecule has 1 aromatic heterocycles. The number of aromatic amines is 1. The Hall–Kier alpha value is -2.38. The summed E-state index contributed by atoms with van der Waals surface area (Å²) < 4.78 is 0. The molecule has 0 radical (unpaired) electrons. The van der Waals surface area contributed by atoms with E-state index in [9.17, 15) is 14.4 Å². The minimum Gasteiger partial charge on any atom is -0.348 e. The first kappa shape index (κ1) is 17.7. The number of fused-ring (bicyclic) bond motifs is 2. The summed E-state index contributed by atoms with van der Waals surface area (Å²) >= 11 is 0. The zero-order chi connectivity index (χ0) is 19.5. The van der Waals surface area contributed by atoms with Gasteiger partial charge in [-0.1, -0.05) is 0 Å². The molecule has 3 aliphatic heterocycles. The van der Waals surface area contributed by atoms with Crippen LogP contribution in [0, 0.1) is 11.8 Å². The number of carbonyl (C=O) groups is 3. The van der Waals surface area contributed by atoms with Gasteiger partial charge in [-0.05, 0) is 25.7 Å². The van der Waals surface area contributed by atoms with Gasteiger partial charge in [0.1, 0.15) is 0 Å². The van der Waals surface area contributed by atoms with Crippen LogP contribution in [0.2, 0.25) is 0 Å². The number of carbonyl (C=O) groups excluding carboxylic acids is 3. The van der Waals surface area contributed by atoms with E-state index in [4.69, 9.17) is 0 Å². The number of H-pyrrole nitrogens is 1. The third-order valence-corrected chi connectivity index (χ3v) is 7.05. The van der Waals surface area contributed by atoms with Crippen LogP contribution in [0.15, 0.2) is 6.33 Å². The molecule has 1 N–H and O–H groups in total. The van der Waals surface area contributed by atoms with E-state index < -0.39 is 5.54 Å². The standard InChI is InChI=1S/C20H27N5O3/c1-23-11-14(10-16(23)26)18(27)24-8-5-20(6-9-24)17-15(21-12-22-17)4-7-25(20)19(28)13-2-3-13/h12-14H,2-11H2,1H3,(H,21,22)/t14-/m0/s1. The molecule has 8 nitrogen and oxygen atoms in total. The van der Waals surface area contributed by atoms with Crippen LogP contribution >= 0.6 is 0 Å². The van der Waals surface area contributed by atoms with Crippen molar-refractivity contribution in [2.45, 2.75) is 44.1 Å². The van der Waals surface area contributed by atoms with Gasteiger partial charge < -0.3 is 19.7 Å². The van der Waals surface area contributed by atoms with Crippen LogP contribution in [-0.2, 0) is 26.3 Å². The number of piperidine rings is 1. The Kier molecular flexibility index (Phi) is 4.00. The first-order valence-electron chi connectivity index (χ1n) is 10.4. The normalized spacial score (nSPS) is 26.7. The maximum Gasteiger partial charge on any atom is 0.227 e. The van der Waals surface area contributed by atoms with Crippen LogP contribution in [0.3, 0.4) is 0 Å². The van der Waals surface area contributed by atoms with Crippen molar-refractivity contribution in [3.05, 3.63) is 17.7 Å². The van der Waals surface area contributed by atoms with Gasteiger partial charge in [-0.25, -0.2) is 4.98 Å². The van der Waals surface area contributed by atoms with Crippen molar-refractivity contribution in [1.29, 1.82) is 0 Å². The van der Waals surface area contributed by atoms with E-state index in [0.717, 1.165) is 37.2 Å². The first-order valence-corrected chi connectivity index (χ1v) is 10.4. The van der Waals surface area contributed by atoms with Crippen LogP contribution in [-0.4, -0.2) is 75.6 Å². The predicted octanol–water partition coefficient (Wildman–Crippen LogP) is 0.500. The Morgan fingerprint density at radius 3 is 2.54 bits per heavy atom. The summed E-state index contributed by atoms with van der Waals surface area (Å²) in [5.41, 5.74) is 1.73. The van der Waals surface area contributed by atoms with E-state index in [2.05, 4.69) is 14.9 Å². The SMILES string of the molecule is CN1C[C@@H](C(=O)N2CCC3(CC2)c2nc[nH]c2CCN3C(=O)C2CC2)CC1=O. The molecular weight excluding hydrogens is 358 g/mol. The first-order chi connectivity index (χ1) is 13.5. The quantitative estimate of drug-likeness (QED) is 0.803. The van der Waals surface area contributed by atoms with Gasteiger partial charge in [-0.15, -0.1) is 0 Å². The lowest BCUT2D eigenvalue weighted by Crippen LogP contribution is -2.59. The highest BCUT2D eigenvalue weighted by Crippen LogP contribution is 2.45. The van der Waals surface area contributed by atoms with Crippen LogP contribution in [0.4, 0.5) is 0 Å². The summed E-state index contributed by atoms with van der Waals surface area (Å²) in [5, 5.41) is 0. The van der Waals surface area contributed by atoms with Crippen LogP contribution in [0.5, 0.6) is 0 Å². The minimum atomic E-state index is -0.397. The van der Waals surface area contributed by atoms with E-state index in [1.807, 2.05) is 4.90 Å². The highest BCUT2D eigenvalue weighted by Gasteiger charge is 2.51. The molecule has 4 aliphatic rings. The maximum absolute atomic E-state index is 13.0. The number of hydrogen-bond acceptors (Lipinski definition) is 4. The number of nitrogens with one attached hydrogen (secondary N) is 1. The predicted molar refractivity (Wildman–Crippen MR) is 100.0 cm³/mol. The summed E-state index contributed by atoms with van der Waals surface area (Å²) in [5.74, 6) is 0.323. The average Bonchev–Trinajstić information content (AvgIpc) is 3.34. The molecule has 28 heavy (non-hydrogen) atoms. The molecule has 8 heteroatoms. The van der Waals surface area contributed by atoms with Gasteiger partial charge in [0.2, 0.25) is 17.7 Å². The smallest absolute Gasteiger partial charge is 0.227 e. The summed E-state index contributed by atoms with van der Waals surface area (Å²) in [7, 11) is 1.75. The third-order valence-electron chi connectivity index (χ3n) is 7.05. The van der Waals surface area contributed by atoms with E-state index in [1.54, 1.807) is 18.3 Å². The molecule has 1 atom stereocenters. The van der Waals surface area contributed by atoms with E-state index in [0.29, 0.717) is 38.9 Å². The molecule has 0 bridgehead atoms. The number of nitrogens with zero attached hydrogens (tertiary/aromatic N) is 4. The van der Waals surface area contributed by atoms with Gasteiger partial charge in [0.15, 0.2) is 0 Å². The second-order valence-corrected chi connectivity index (χ2v) is 8.78. The number of imidazole rings is 1. The molecule has 0 aromatic carbocycles. The lowest BCUT2D eigenvalue weighted by molar-refractivity contribution is -0.147. The van der Waals surface area contributed by atoms with E-state index in [-0.39, 0.29) is 29.6 Å². The maximum atomic E-state index is 13.0. The van der Waals surface area contributed by atoms with Crippen LogP contribution in [0.1, 0.15) is 43.5 Å². The van der Waals surface area contributed by atoms with Gasteiger partial charge >= 0.3 is 0 Å². The molecular formula is C20H27N5O3. The number of hydrogen-bond donors (Lipinski definition) is 1. The second-order valence-electron chi connectivity index (χ2n) is 8.78. The van der Waals surface area contributed by atoms with Crippen molar-refractivity contribution in [3.63, 3.8) is 0 Å². The zero-order valence-electron chi connectivity index (χ0n) is 16.3. The van der Waals surface area contributed by atoms with Gasteiger partial charge in [-0.2, -0.15) is 0 Å². The molecule has 4 heterocycles. The second kappa shape index (κ2) is 6.32. The van der Waals surface area contributed by atoms with Crippen LogP contribution < -0.4 is 0 Å². The fourth-order valence-corrected chi connectivity index (χ4v) is 5.24. The zero-order valence-corrected chi connectivity index (χ0v) is 16.3. The molecule has 2 saturated heterocycles. The molecule has 3 fully saturated rings. The summed E-state index contributed by atoms with van der Waals surface area (Å²) in [4.78, 5) is 51.2. The summed E-state index contributed by atoms with van der Waals surface area (Å²) in [6.45, 7) is 2.44. The van der Waals surface area contributed by atoms with Gasteiger partial charge in [0.05, 0.1) is 23.5 Å². The lowest BCUT2D eigenvalue weighted by atomic mass is 9.78. The largest absolute Gasteiger partial charge is 0.348 e. The number of likely N-dealkylation sites (tertiary alicyclic amines) is 2. The molecule has 0 unspecified atom stereocenters. The summed E-state index contributed by atoms with van der Waals surface area (Å²) in [6.07, 6.45) is 6.27. The van der Waals surface area contributed by atoms with Crippen molar-refractivity contribution < 1.29 is 14.4 Å². The topological polar surface area (TPSA) is 89.6 Å². The molecule has 1 aromatic rings. The lowest BCUT2D eigenvalue weighted by Gasteiger charge is -2.50. The Balaban J connectivity index is 1.36. The molecule has 5 rings (SSSR count). The molecule has 1 saturated carbocycles. The van der Waals surface area contributed by atoms with Gasteiger partial charge in [0, 0.05) is 57.7 Å². The van der Waals surface area contributed by atoms with Gasteiger partial charge in [0.25, 0.3) is 0 Å². The minimum absolute atomic E-state index is 0.0430. The van der Waals surface area contributed by atoms with Crippen molar-refractivity contribution in [2.24, 2.45) is 11.8 Å². The third kappa shape index (κ3) is 2.64.